The second-order valence-corrected chi connectivity index (χ2v) is 5.80. The lowest BCUT2D eigenvalue weighted by Gasteiger charge is -2.17. The first-order valence-electron chi connectivity index (χ1n) is 8.20. The van der Waals surface area contributed by atoms with Crippen molar-refractivity contribution in [1.29, 1.82) is 0 Å². The van der Waals surface area contributed by atoms with E-state index in [0.717, 1.165) is 0 Å². The van der Waals surface area contributed by atoms with Crippen LogP contribution in [0.15, 0.2) is 57.7 Å². The molecule has 3 aromatic rings. The maximum Gasteiger partial charge on any atom is 0.343 e. The van der Waals surface area contributed by atoms with Crippen LogP contribution in [-0.4, -0.2) is 22.8 Å². The highest BCUT2D eigenvalue weighted by molar-refractivity contribution is 5.84. The normalized spacial score (nSPS) is 12.0. The van der Waals surface area contributed by atoms with Crippen LogP contribution in [0.2, 0.25) is 0 Å². The smallest absolute Gasteiger partial charge is 0.343 e. The molecule has 3 rings (SSSR count). The van der Waals surface area contributed by atoms with Crippen LogP contribution in [0, 0.1) is 0 Å². The Balaban J connectivity index is 2.15. The summed E-state index contributed by atoms with van der Waals surface area (Å²) in [7, 11) is 0. The lowest BCUT2D eigenvalue weighted by atomic mass is 9.88. The number of rotatable bonds is 6. The first kappa shape index (κ1) is 17.5. The Morgan fingerprint density at radius 2 is 1.85 bits per heavy atom. The second-order valence-electron chi connectivity index (χ2n) is 5.80. The highest BCUT2D eigenvalue weighted by Crippen LogP contribution is 2.36. The number of para-hydroxylation sites is 1. The van der Waals surface area contributed by atoms with Gasteiger partial charge in [-0.2, -0.15) is 0 Å². The molecule has 0 saturated carbocycles. The van der Waals surface area contributed by atoms with Gasteiger partial charge in [-0.05, 0) is 36.8 Å². The van der Waals surface area contributed by atoms with Crippen LogP contribution in [0.4, 0.5) is 0 Å². The molecule has 26 heavy (non-hydrogen) atoms. The summed E-state index contributed by atoms with van der Waals surface area (Å²) >= 11 is 0. The highest BCUT2D eigenvalue weighted by Gasteiger charge is 2.26. The van der Waals surface area contributed by atoms with Crippen molar-refractivity contribution >= 4 is 16.9 Å². The van der Waals surface area contributed by atoms with E-state index in [1.54, 1.807) is 48.5 Å². The number of fused-ring (bicyclic) bond motifs is 1. The van der Waals surface area contributed by atoms with E-state index in [1.807, 2.05) is 6.92 Å². The molecule has 2 N–H and O–H groups in total. The molecule has 6 heteroatoms. The SMILES string of the molecule is CCOc1ccc([C@@H](CC(=O)O)c2c(O)c3ccccc3oc2=O)cc1. The summed E-state index contributed by atoms with van der Waals surface area (Å²) in [5, 5.41) is 20.3. The fourth-order valence-electron chi connectivity index (χ4n) is 2.98. The van der Waals surface area contributed by atoms with Crippen LogP contribution in [0.1, 0.15) is 30.4 Å². The van der Waals surface area contributed by atoms with Crippen LogP contribution >= 0.6 is 0 Å². The number of carboxylic acid groups (broad SMARTS) is 1. The average molecular weight is 354 g/mol. The molecule has 0 aliphatic carbocycles. The van der Waals surface area contributed by atoms with Crippen molar-refractivity contribution in [3.63, 3.8) is 0 Å². The summed E-state index contributed by atoms with van der Waals surface area (Å²) in [5.41, 5.74) is 0.0184. The van der Waals surface area contributed by atoms with Crippen molar-refractivity contribution in [1.82, 2.24) is 0 Å². The third kappa shape index (κ3) is 3.39. The summed E-state index contributed by atoms with van der Waals surface area (Å²) in [6.45, 7) is 2.37. The number of aliphatic carboxylic acids is 1. The Kier molecular flexibility index (Phi) is 4.93. The largest absolute Gasteiger partial charge is 0.507 e. The molecule has 0 spiro atoms. The zero-order valence-corrected chi connectivity index (χ0v) is 14.1. The van der Waals surface area contributed by atoms with Crippen LogP contribution < -0.4 is 10.4 Å². The molecule has 6 nitrogen and oxygen atoms in total. The monoisotopic (exact) mass is 354 g/mol. The van der Waals surface area contributed by atoms with Gasteiger partial charge in [0, 0.05) is 5.92 Å². The van der Waals surface area contributed by atoms with E-state index in [4.69, 9.17) is 9.15 Å². The minimum absolute atomic E-state index is 0.0599. The first-order valence-corrected chi connectivity index (χ1v) is 8.20. The molecule has 0 aliphatic rings. The van der Waals surface area contributed by atoms with E-state index in [0.29, 0.717) is 23.3 Å². The number of carboxylic acids is 1. The van der Waals surface area contributed by atoms with Gasteiger partial charge in [-0.25, -0.2) is 4.79 Å². The van der Waals surface area contributed by atoms with Crippen LogP contribution in [-0.2, 0) is 4.79 Å². The fraction of sp³-hybridized carbons (Fsp3) is 0.200. The molecule has 1 atom stereocenters. The standard InChI is InChI=1S/C20H18O6/c1-2-25-13-9-7-12(8-10-13)15(11-17(21)22)18-19(23)14-5-3-4-6-16(14)26-20(18)24/h3-10,15,23H,2,11H2,1H3,(H,21,22)/t15-/m1/s1. The topological polar surface area (TPSA) is 97.0 Å². The first-order chi connectivity index (χ1) is 12.5. The van der Waals surface area contributed by atoms with Crippen molar-refractivity contribution < 1.29 is 24.2 Å². The maximum atomic E-state index is 12.5. The van der Waals surface area contributed by atoms with Crippen LogP contribution in [0.3, 0.4) is 0 Å². The van der Waals surface area contributed by atoms with E-state index in [-0.39, 0.29) is 23.3 Å². The number of carbonyl (C=O) groups is 1. The maximum absolute atomic E-state index is 12.5. The van der Waals surface area contributed by atoms with E-state index in [2.05, 4.69) is 0 Å². The van der Waals surface area contributed by atoms with E-state index in [1.165, 1.54) is 0 Å². The van der Waals surface area contributed by atoms with E-state index >= 15 is 0 Å². The van der Waals surface area contributed by atoms with E-state index in [9.17, 15) is 19.8 Å². The Hall–Kier alpha value is -3.28. The lowest BCUT2D eigenvalue weighted by Crippen LogP contribution is -2.17. The minimum atomic E-state index is -1.09. The molecule has 0 bridgehead atoms. The second kappa shape index (κ2) is 7.31. The molecule has 0 amide bonds. The van der Waals surface area contributed by atoms with Gasteiger partial charge >= 0.3 is 11.6 Å². The highest BCUT2D eigenvalue weighted by atomic mass is 16.5. The van der Waals surface area contributed by atoms with Gasteiger partial charge in [0.1, 0.15) is 17.1 Å². The summed E-state index contributed by atoms with van der Waals surface area (Å²) in [5.74, 6) is -1.54. The fourth-order valence-corrected chi connectivity index (χ4v) is 2.98. The number of aromatic hydroxyl groups is 1. The molecule has 0 saturated heterocycles. The number of hydrogen-bond donors (Lipinski definition) is 2. The van der Waals surface area contributed by atoms with Crippen molar-refractivity contribution in [2.24, 2.45) is 0 Å². The van der Waals surface area contributed by atoms with Crippen molar-refractivity contribution in [2.45, 2.75) is 19.3 Å². The van der Waals surface area contributed by atoms with Gasteiger partial charge in [0.2, 0.25) is 0 Å². The van der Waals surface area contributed by atoms with Crippen molar-refractivity contribution in [3.05, 3.63) is 70.1 Å². The van der Waals surface area contributed by atoms with Crippen LogP contribution in [0.25, 0.3) is 11.0 Å². The van der Waals surface area contributed by atoms with E-state index < -0.39 is 17.5 Å². The molecule has 0 unspecified atom stereocenters. The molecule has 2 aromatic carbocycles. The predicted molar refractivity (Wildman–Crippen MR) is 95.9 cm³/mol. The van der Waals surface area contributed by atoms with Gasteiger partial charge in [0.05, 0.1) is 24.0 Å². The van der Waals surface area contributed by atoms with Crippen molar-refractivity contribution in [3.8, 4) is 11.5 Å². The molecular formula is C20H18O6. The average Bonchev–Trinajstić information content (AvgIpc) is 2.61. The number of hydrogen-bond acceptors (Lipinski definition) is 5. The Labute approximate surface area is 149 Å². The van der Waals surface area contributed by atoms with Gasteiger partial charge in [-0.3, -0.25) is 4.79 Å². The van der Waals surface area contributed by atoms with Gasteiger partial charge in [-0.15, -0.1) is 0 Å². The van der Waals surface area contributed by atoms with Gasteiger partial charge in [0.25, 0.3) is 0 Å². The molecule has 0 aliphatic heterocycles. The number of ether oxygens (including phenoxy) is 1. The molecular weight excluding hydrogens is 336 g/mol. The lowest BCUT2D eigenvalue weighted by molar-refractivity contribution is -0.137. The molecule has 134 valence electrons. The third-order valence-electron chi connectivity index (χ3n) is 4.14. The van der Waals surface area contributed by atoms with Gasteiger partial charge in [0.15, 0.2) is 0 Å². The summed E-state index contributed by atoms with van der Waals surface area (Å²) in [6.07, 6.45) is -0.357. The quantitative estimate of drug-likeness (QED) is 0.658. The summed E-state index contributed by atoms with van der Waals surface area (Å²) in [4.78, 5) is 23.8. The third-order valence-corrected chi connectivity index (χ3v) is 4.14. The molecule has 1 heterocycles. The molecule has 1 aromatic heterocycles. The predicted octanol–water partition coefficient (Wildman–Crippen LogP) is 3.50. The summed E-state index contributed by atoms with van der Waals surface area (Å²) < 4.78 is 10.7. The Morgan fingerprint density at radius 1 is 1.15 bits per heavy atom. The molecule has 0 radical (unpaired) electrons. The zero-order chi connectivity index (χ0) is 18.7. The zero-order valence-electron chi connectivity index (χ0n) is 14.1. The Bertz CT molecular complexity index is 987. The van der Waals surface area contributed by atoms with Crippen LogP contribution in [0.5, 0.6) is 11.5 Å². The van der Waals surface area contributed by atoms with Gasteiger partial charge in [-0.1, -0.05) is 24.3 Å². The molecule has 0 fully saturated rings. The van der Waals surface area contributed by atoms with Gasteiger partial charge < -0.3 is 19.4 Å². The number of benzene rings is 2. The summed E-state index contributed by atoms with van der Waals surface area (Å²) in [6, 6.07) is 13.4. The minimum Gasteiger partial charge on any atom is -0.507 e. The Morgan fingerprint density at radius 3 is 2.50 bits per heavy atom. The van der Waals surface area contributed by atoms with Crippen molar-refractivity contribution in [2.75, 3.05) is 6.61 Å².